The predicted octanol–water partition coefficient (Wildman–Crippen LogP) is 15.3. The second kappa shape index (κ2) is 14.0. The lowest BCUT2D eigenvalue weighted by Crippen LogP contribution is -2.49. The quantitative estimate of drug-likeness (QED) is 0.159. The van der Waals surface area contributed by atoms with Crippen LogP contribution >= 0.6 is 0 Å². The van der Waals surface area contributed by atoms with Crippen LogP contribution in [0.2, 0.25) is 0 Å². The first-order valence-corrected chi connectivity index (χ1v) is 22.0. The number of hydrogen-bond acceptors (Lipinski definition) is 0. The highest BCUT2D eigenvalue weighted by Gasteiger charge is 2.51. The van der Waals surface area contributed by atoms with Crippen LogP contribution in [-0.2, 0) is 5.41 Å². The van der Waals surface area contributed by atoms with Gasteiger partial charge >= 0.3 is 0 Å². The summed E-state index contributed by atoms with van der Waals surface area (Å²) in [5.74, 6) is 2.06. The van der Waals surface area contributed by atoms with Crippen LogP contribution in [-0.4, -0.2) is 9.13 Å². The fourth-order valence-corrected chi connectivity index (χ4v) is 12.1. The normalized spacial score (nSPS) is 18.7. The Labute approximate surface area is 352 Å². The maximum atomic E-state index is 2.55. The molecule has 2 fully saturated rings. The molecule has 0 aliphatic heterocycles. The van der Waals surface area contributed by atoms with Gasteiger partial charge in [0.1, 0.15) is 0 Å². The van der Waals surface area contributed by atoms with E-state index in [-0.39, 0.29) is 5.41 Å². The van der Waals surface area contributed by atoms with E-state index in [2.05, 4.69) is 210 Å². The van der Waals surface area contributed by atoms with Crippen molar-refractivity contribution in [1.29, 1.82) is 0 Å². The highest BCUT2D eigenvalue weighted by Crippen LogP contribution is 2.58. The lowest BCUT2D eigenvalue weighted by Gasteiger charge is -2.54. The second-order valence-electron chi connectivity index (χ2n) is 17.7. The Morgan fingerprint density at radius 2 is 0.733 bits per heavy atom. The van der Waals surface area contributed by atoms with Crippen LogP contribution in [0.4, 0.5) is 0 Å². The van der Waals surface area contributed by atoms with Crippen LogP contribution in [0, 0.1) is 17.8 Å². The lowest BCUT2D eigenvalue weighted by molar-refractivity contribution is 0.0642. The van der Waals surface area contributed by atoms with E-state index in [1.807, 2.05) is 0 Å². The minimum atomic E-state index is -0.00519. The first-order chi connectivity index (χ1) is 29.6. The fourth-order valence-electron chi connectivity index (χ4n) is 12.1. The number of aromatic nitrogens is 2. The number of fused-ring (bicyclic) bond motifs is 8. The molecule has 0 amide bonds. The van der Waals surface area contributed by atoms with Gasteiger partial charge in [-0.2, -0.15) is 0 Å². The molecule has 2 nitrogen and oxygen atoms in total. The van der Waals surface area contributed by atoms with Gasteiger partial charge in [-0.1, -0.05) is 165 Å². The average molecular weight is 773 g/mol. The number of rotatable bonds is 6. The topological polar surface area (TPSA) is 9.86 Å². The molecule has 2 bridgehead atoms. The van der Waals surface area contributed by atoms with E-state index >= 15 is 0 Å². The molecule has 2 aliphatic carbocycles. The molecule has 2 saturated carbocycles. The van der Waals surface area contributed by atoms with Crippen molar-refractivity contribution in [3.8, 4) is 33.6 Å². The molecule has 0 spiro atoms. The molecule has 8 aromatic carbocycles. The Kier molecular flexibility index (Phi) is 8.23. The van der Waals surface area contributed by atoms with Crippen molar-refractivity contribution < 1.29 is 0 Å². The standard InChI is InChI=1S/C58H48N2/c1-39-37-40-11-10-12-47(38-40)58(39,45-29-21-41(22-30-45)43-25-33-48(34-26-43)59-54-17-6-2-13-50(54)51-14-3-7-18-55(51)59)46-31-23-42(24-32-46)44-27-35-49(36-28-44)60-56-19-8-4-15-52(56)53-16-5-9-20-57(53)60/h2-9,13-36,39-40,47H,10-12,37-38H2,1H3. The Morgan fingerprint density at radius 3 is 1.12 bits per heavy atom. The number of para-hydroxylation sites is 4. The fraction of sp³-hybridized carbons (Fsp3) is 0.172. The van der Waals surface area contributed by atoms with Gasteiger partial charge in [-0.25, -0.2) is 0 Å². The largest absolute Gasteiger partial charge is 0.309 e. The summed E-state index contributed by atoms with van der Waals surface area (Å²) in [5, 5.41) is 5.18. The summed E-state index contributed by atoms with van der Waals surface area (Å²) >= 11 is 0. The SMILES string of the molecule is CC1CC2CCCC(C2)C1(c1ccc(-c2ccc(-n3c4ccccc4c4ccccc43)cc2)cc1)c1ccc(-c2ccc(-n3c4ccccc4c4ccccc43)cc2)cc1. The lowest BCUT2D eigenvalue weighted by atomic mass is 9.49. The molecule has 2 heterocycles. The van der Waals surface area contributed by atoms with E-state index in [1.54, 1.807) is 0 Å². The summed E-state index contributed by atoms with van der Waals surface area (Å²) in [7, 11) is 0. The molecule has 2 aliphatic rings. The van der Waals surface area contributed by atoms with Crippen molar-refractivity contribution in [1.82, 2.24) is 9.13 Å². The summed E-state index contributed by atoms with van der Waals surface area (Å²) in [6.45, 7) is 2.55. The molecule has 0 saturated heterocycles. The summed E-state index contributed by atoms with van der Waals surface area (Å²) < 4.78 is 4.80. The van der Waals surface area contributed by atoms with Gasteiger partial charge in [-0.15, -0.1) is 0 Å². The molecule has 12 rings (SSSR count). The molecular formula is C58H48N2. The van der Waals surface area contributed by atoms with Crippen molar-refractivity contribution >= 4 is 43.6 Å². The first-order valence-electron chi connectivity index (χ1n) is 22.0. The Bertz CT molecular complexity index is 2870. The zero-order valence-electron chi connectivity index (χ0n) is 34.1. The second-order valence-corrected chi connectivity index (χ2v) is 17.7. The van der Waals surface area contributed by atoms with Crippen molar-refractivity contribution in [2.45, 2.75) is 44.4 Å². The van der Waals surface area contributed by atoms with Crippen molar-refractivity contribution in [2.24, 2.45) is 17.8 Å². The molecule has 3 unspecified atom stereocenters. The van der Waals surface area contributed by atoms with Crippen LogP contribution in [0.3, 0.4) is 0 Å². The van der Waals surface area contributed by atoms with Gasteiger partial charge in [0.2, 0.25) is 0 Å². The molecule has 10 aromatic rings. The molecular weight excluding hydrogens is 725 g/mol. The monoisotopic (exact) mass is 772 g/mol. The average Bonchev–Trinajstić information content (AvgIpc) is 3.83. The van der Waals surface area contributed by atoms with Crippen LogP contribution in [0.1, 0.15) is 50.2 Å². The van der Waals surface area contributed by atoms with Gasteiger partial charge in [-0.05, 0) is 119 Å². The minimum absolute atomic E-state index is 0.00519. The van der Waals surface area contributed by atoms with Crippen LogP contribution < -0.4 is 0 Å². The molecule has 0 radical (unpaired) electrons. The van der Waals surface area contributed by atoms with E-state index in [0.29, 0.717) is 11.8 Å². The van der Waals surface area contributed by atoms with Gasteiger partial charge in [0.25, 0.3) is 0 Å². The smallest absolute Gasteiger partial charge is 0.0541 e. The summed E-state index contributed by atoms with van der Waals surface area (Å²) in [5.41, 5.74) is 15.4. The Morgan fingerprint density at radius 1 is 0.383 bits per heavy atom. The van der Waals surface area contributed by atoms with Crippen LogP contribution in [0.5, 0.6) is 0 Å². The van der Waals surface area contributed by atoms with Crippen molar-refractivity contribution in [3.05, 3.63) is 205 Å². The molecule has 290 valence electrons. The van der Waals surface area contributed by atoms with Crippen molar-refractivity contribution in [3.63, 3.8) is 0 Å². The summed E-state index contributed by atoms with van der Waals surface area (Å²) in [6, 6.07) is 72.8. The highest BCUT2D eigenvalue weighted by molar-refractivity contribution is 6.10. The first kappa shape index (κ1) is 35.3. The maximum Gasteiger partial charge on any atom is 0.0541 e. The van der Waals surface area contributed by atoms with Gasteiger partial charge < -0.3 is 9.13 Å². The van der Waals surface area contributed by atoms with E-state index in [4.69, 9.17) is 0 Å². The number of benzene rings is 8. The van der Waals surface area contributed by atoms with E-state index < -0.39 is 0 Å². The Hall–Kier alpha value is -6.64. The van der Waals surface area contributed by atoms with Crippen LogP contribution in [0.25, 0.3) is 77.2 Å². The van der Waals surface area contributed by atoms with Gasteiger partial charge in [0, 0.05) is 38.3 Å². The van der Waals surface area contributed by atoms with Crippen LogP contribution in [0.15, 0.2) is 194 Å². The number of nitrogens with zero attached hydrogens (tertiary/aromatic N) is 2. The zero-order chi connectivity index (χ0) is 39.8. The van der Waals surface area contributed by atoms with Gasteiger partial charge in [0.05, 0.1) is 22.1 Å². The third-order valence-corrected chi connectivity index (χ3v) is 14.7. The number of hydrogen-bond donors (Lipinski definition) is 0. The van der Waals surface area contributed by atoms with Gasteiger partial charge in [0.15, 0.2) is 0 Å². The van der Waals surface area contributed by atoms with Gasteiger partial charge in [-0.3, -0.25) is 0 Å². The highest BCUT2D eigenvalue weighted by atomic mass is 15.0. The van der Waals surface area contributed by atoms with E-state index in [1.165, 1.54) is 120 Å². The predicted molar refractivity (Wildman–Crippen MR) is 252 cm³/mol. The molecule has 3 atom stereocenters. The van der Waals surface area contributed by atoms with Crippen molar-refractivity contribution in [2.75, 3.05) is 0 Å². The summed E-state index contributed by atoms with van der Waals surface area (Å²) in [4.78, 5) is 0. The molecule has 0 N–H and O–H groups in total. The minimum Gasteiger partial charge on any atom is -0.309 e. The molecule has 60 heavy (non-hydrogen) atoms. The zero-order valence-corrected chi connectivity index (χ0v) is 34.1. The van der Waals surface area contributed by atoms with E-state index in [0.717, 1.165) is 5.92 Å². The molecule has 2 heteroatoms. The Balaban J connectivity index is 0.871. The third kappa shape index (κ3) is 5.40. The molecule has 2 aromatic heterocycles. The summed E-state index contributed by atoms with van der Waals surface area (Å²) in [6.07, 6.45) is 6.68. The van der Waals surface area contributed by atoms with E-state index in [9.17, 15) is 0 Å². The third-order valence-electron chi connectivity index (χ3n) is 14.7. The maximum absolute atomic E-state index is 2.55.